The average Bonchev–Trinajstić information content (AvgIpc) is 2.60. The van der Waals surface area contributed by atoms with E-state index in [9.17, 15) is 0 Å². The van der Waals surface area contributed by atoms with Crippen LogP contribution in [0, 0.1) is 0 Å². The van der Waals surface area contributed by atoms with Gasteiger partial charge in [-0.25, -0.2) is 4.98 Å². The number of hydrogen-bond donors (Lipinski definition) is 1. The van der Waals surface area contributed by atoms with Crippen molar-refractivity contribution in [2.75, 3.05) is 31.6 Å². The van der Waals surface area contributed by atoms with Gasteiger partial charge in [0.2, 0.25) is 0 Å². The highest BCUT2D eigenvalue weighted by atomic mass is 15.3. The van der Waals surface area contributed by atoms with Crippen molar-refractivity contribution in [3.63, 3.8) is 0 Å². The minimum atomic E-state index is 0.0298. The van der Waals surface area contributed by atoms with Crippen LogP contribution in [0.4, 0.5) is 5.82 Å². The lowest BCUT2D eigenvalue weighted by molar-refractivity contribution is 0.327. The second kappa shape index (κ2) is 6.35. The summed E-state index contributed by atoms with van der Waals surface area (Å²) < 4.78 is 0. The van der Waals surface area contributed by atoms with Gasteiger partial charge in [-0.3, -0.25) is 0 Å². The summed E-state index contributed by atoms with van der Waals surface area (Å²) in [7, 11) is 2.21. The molecular weight excluding hydrogens is 236 g/mol. The molecule has 0 amide bonds. The van der Waals surface area contributed by atoms with Gasteiger partial charge in [-0.1, -0.05) is 13.0 Å². The molecule has 2 N–H and O–H groups in total. The van der Waals surface area contributed by atoms with Crippen molar-refractivity contribution in [2.24, 2.45) is 5.73 Å². The Bertz CT molecular complexity index is 405. The monoisotopic (exact) mass is 262 g/mol. The Balaban J connectivity index is 2.32. The van der Waals surface area contributed by atoms with Crippen LogP contribution >= 0.6 is 0 Å². The maximum absolute atomic E-state index is 6.10. The second-order valence-corrected chi connectivity index (χ2v) is 5.58. The van der Waals surface area contributed by atoms with Crippen LogP contribution in [-0.4, -0.2) is 42.6 Å². The third-order valence-corrected chi connectivity index (χ3v) is 3.95. The topological polar surface area (TPSA) is 45.4 Å². The Labute approximate surface area is 116 Å². The Morgan fingerprint density at radius 3 is 2.95 bits per heavy atom. The van der Waals surface area contributed by atoms with Gasteiger partial charge >= 0.3 is 0 Å². The second-order valence-electron chi connectivity index (χ2n) is 5.58. The molecular formula is C15H26N4. The minimum absolute atomic E-state index is 0.0298. The highest BCUT2D eigenvalue weighted by Crippen LogP contribution is 2.26. The molecule has 0 aliphatic carbocycles. The lowest BCUT2D eigenvalue weighted by atomic mass is 10.1. The number of anilines is 1. The smallest absolute Gasteiger partial charge is 0.133 e. The van der Waals surface area contributed by atoms with Crippen molar-refractivity contribution in [1.82, 2.24) is 9.88 Å². The number of nitrogens with two attached hydrogens (primary N) is 1. The normalized spacial score (nSPS) is 23.2. The molecule has 19 heavy (non-hydrogen) atoms. The summed E-state index contributed by atoms with van der Waals surface area (Å²) in [6.07, 6.45) is 4.20. The van der Waals surface area contributed by atoms with E-state index in [0.29, 0.717) is 6.04 Å². The zero-order chi connectivity index (χ0) is 13.8. The van der Waals surface area contributed by atoms with E-state index in [-0.39, 0.29) is 6.04 Å². The molecule has 0 aromatic carbocycles. The van der Waals surface area contributed by atoms with E-state index in [4.69, 9.17) is 5.73 Å². The van der Waals surface area contributed by atoms with Crippen LogP contribution in [0.2, 0.25) is 0 Å². The molecule has 2 atom stereocenters. The van der Waals surface area contributed by atoms with E-state index in [1.165, 1.54) is 6.42 Å². The number of nitrogens with zero attached hydrogens (tertiary/aromatic N) is 3. The molecule has 2 heterocycles. The van der Waals surface area contributed by atoms with Crippen molar-refractivity contribution < 1.29 is 0 Å². The number of pyridine rings is 1. The van der Waals surface area contributed by atoms with Crippen LogP contribution in [0.25, 0.3) is 0 Å². The van der Waals surface area contributed by atoms with Gasteiger partial charge in [0.15, 0.2) is 0 Å². The quantitative estimate of drug-likeness (QED) is 0.905. The molecule has 0 saturated carbocycles. The molecule has 4 heteroatoms. The van der Waals surface area contributed by atoms with Crippen molar-refractivity contribution >= 4 is 5.82 Å². The number of likely N-dealkylation sites (N-methyl/N-ethyl adjacent to an activating group) is 1. The van der Waals surface area contributed by atoms with Gasteiger partial charge in [-0.05, 0) is 39.4 Å². The Kier molecular flexibility index (Phi) is 4.77. The summed E-state index contributed by atoms with van der Waals surface area (Å²) >= 11 is 0. The van der Waals surface area contributed by atoms with Crippen molar-refractivity contribution in [1.29, 1.82) is 0 Å². The van der Waals surface area contributed by atoms with E-state index in [1.54, 1.807) is 0 Å². The first-order valence-electron chi connectivity index (χ1n) is 7.29. The van der Waals surface area contributed by atoms with E-state index >= 15 is 0 Å². The number of aromatic nitrogens is 1. The van der Waals surface area contributed by atoms with Crippen molar-refractivity contribution in [2.45, 2.75) is 38.8 Å². The summed E-state index contributed by atoms with van der Waals surface area (Å²) in [6.45, 7) is 7.62. The molecule has 2 unspecified atom stereocenters. The fraction of sp³-hybridized carbons (Fsp3) is 0.667. The van der Waals surface area contributed by atoms with Crippen LogP contribution in [-0.2, 0) is 0 Å². The first-order valence-corrected chi connectivity index (χ1v) is 7.29. The van der Waals surface area contributed by atoms with Gasteiger partial charge < -0.3 is 15.5 Å². The van der Waals surface area contributed by atoms with Gasteiger partial charge in [0.1, 0.15) is 5.82 Å². The van der Waals surface area contributed by atoms with Crippen LogP contribution in [0.1, 0.15) is 38.3 Å². The third-order valence-electron chi connectivity index (χ3n) is 3.95. The molecule has 4 nitrogen and oxygen atoms in total. The minimum Gasteiger partial charge on any atom is -0.352 e. The predicted octanol–water partition coefficient (Wildman–Crippen LogP) is 2.02. The van der Waals surface area contributed by atoms with Crippen LogP contribution < -0.4 is 10.6 Å². The van der Waals surface area contributed by atoms with E-state index in [0.717, 1.165) is 37.4 Å². The summed E-state index contributed by atoms with van der Waals surface area (Å²) in [5.74, 6) is 1.08. The number of hydrogen-bond acceptors (Lipinski definition) is 4. The maximum atomic E-state index is 6.10. The summed E-state index contributed by atoms with van der Waals surface area (Å²) in [4.78, 5) is 9.50. The fourth-order valence-corrected chi connectivity index (χ4v) is 2.88. The van der Waals surface area contributed by atoms with Gasteiger partial charge in [0.25, 0.3) is 0 Å². The van der Waals surface area contributed by atoms with Crippen LogP contribution in [0.15, 0.2) is 18.3 Å². The highest BCUT2D eigenvalue weighted by molar-refractivity contribution is 5.49. The third kappa shape index (κ3) is 3.25. The molecule has 0 spiro atoms. The Morgan fingerprint density at radius 1 is 1.47 bits per heavy atom. The van der Waals surface area contributed by atoms with Gasteiger partial charge in [-0.2, -0.15) is 0 Å². The SMILES string of the molecule is CCC1CN(C)CCCN1c1ncccc1C(C)N. The average molecular weight is 262 g/mol. The molecule has 1 saturated heterocycles. The first kappa shape index (κ1) is 14.3. The van der Waals surface area contributed by atoms with Gasteiger partial charge in [0, 0.05) is 36.9 Å². The van der Waals surface area contributed by atoms with E-state index in [1.807, 2.05) is 19.2 Å². The van der Waals surface area contributed by atoms with E-state index < -0.39 is 0 Å². The lowest BCUT2D eigenvalue weighted by Gasteiger charge is -2.33. The molecule has 1 fully saturated rings. The lowest BCUT2D eigenvalue weighted by Crippen LogP contribution is -2.41. The summed E-state index contributed by atoms with van der Waals surface area (Å²) in [5.41, 5.74) is 7.26. The molecule has 1 aliphatic rings. The fourth-order valence-electron chi connectivity index (χ4n) is 2.88. The standard InChI is InChI=1S/C15H26N4/c1-4-13-11-18(3)9-6-10-19(13)15-14(12(2)16)7-5-8-17-15/h5,7-8,12-13H,4,6,9-11,16H2,1-3H3. The van der Waals surface area contributed by atoms with Crippen LogP contribution in [0.3, 0.4) is 0 Å². The van der Waals surface area contributed by atoms with Crippen molar-refractivity contribution in [3.8, 4) is 0 Å². The predicted molar refractivity (Wildman–Crippen MR) is 80.4 cm³/mol. The summed E-state index contributed by atoms with van der Waals surface area (Å²) in [5, 5.41) is 0. The maximum Gasteiger partial charge on any atom is 0.133 e. The van der Waals surface area contributed by atoms with Gasteiger partial charge in [-0.15, -0.1) is 0 Å². The Morgan fingerprint density at radius 2 is 2.26 bits per heavy atom. The molecule has 2 rings (SSSR count). The molecule has 106 valence electrons. The van der Waals surface area contributed by atoms with Crippen molar-refractivity contribution in [3.05, 3.63) is 23.9 Å². The zero-order valence-corrected chi connectivity index (χ0v) is 12.3. The van der Waals surface area contributed by atoms with E-state index in [2.05, 4.69) is 34.8 Å². The zero-order valence-electron chi connectivity index (χ0n) is 12.3. The molecule has 0 bridgehead atoms. The highest BCUT2D eigenvalue weighted by Gasteiger charge is 2.25. The molecule has 1 aromatic heterocycles. The first-order chi connectivity index (χ1) is 9.13. The van der Waals surface area contributed by atoms with Crippen LogP contribution in [0.5, 0.6) is 0 Å². The molecule has 1 aliphatic heterocycles. The summed E-state index contributed by atoms with van der Waals surface area (Å²) in [6, 6.07) is 4.64. The molecule has 1 aromatic rings. The molecule has 0 radical (unpaired) electrons. The Hall–Kier alpha value is -1.13. The number of rotatable bonds is 3. The largest absolute Gasteiger partial charge is 0.352 e. The van der Waals surface area contributed by atoms with Gasteiger partial charge in [0.05, 0.1) is 0 Å².